The summed E-state index contributed by atoms with van der Waals surface area (Å²) in [6, 6.07) is 9.48. The maximum atomic E-state index is 12.7. The lowest BCUT2D eigenvalue weighted by Gasteiger charge is -2.25. The third kappa shape index (κ3) is 3.63. The predicted molar refractivity (Wildman–Crippen MR) is 106 cm³/mol. The summed E-state index contributed by atoms with van der Waals surface area (Å²) in [6.45, 7) is 1.24. The van der Waals surface area contributed by atoms with Crippen LogP contribution in [-0.4, -0.2) is 60.3 Å². The van der Waals surface area contributed by atoms with E-state index in [4.69, 9.17) is 9.47 Å². The van der Waals surface area contributed by atoms with Crippen LogP contribution in [0.2, 0.25) is 0 Å². The van der Waals surface area contributed by atoms with Crippen LogP contribution in [0.4, 0.5) is 5.82 Å². The Hall–Kier alpha value is -3.13. The van der Waals surface area contributed by atoms with Crippen molar-refractivity contribution in [2.75, 3.05) is 32.2 Å². The van der Waals surface area contributed by atoms with Gasteiger partial charge in [0.25, 0.3) is 5.91 Å². The van der Waals surface area contributed by atoms with Crippen molar-refractivity contribution in [2.45, 2.75) is 18.6 Å². The normalized spacial score (nSPS) is 19.1. The van der Waals surface area contributed by atoms with Crippen molar-refractivity contribution in [3.8, 4) is 5.75 Å². The van der Waals surface area contributed by atoms with E-state index < -0.39 is 0 Å². The first-order valence-electron chi connectivity index (χ1n) is 9.18. The fraction of sp³-hybridized carbons (Fsp3) is 0.350. The van der Waals surface area contributed by atoms with Gasteiger partial charge in [0.15, 0.2) is 0 Å². The smallest absolute Gasteiger partial charge is 0.267 e. The number of aromatic amines is 1. The summed E-state index contributed by atoms with van der Waals surface area (Å²) in [4.78, 5) is 26.3. The van der Waals surface area contributed by atoms with Gasteiger partial charge in [-0.2, -0.15) is 0 Å². The number of methoxy groups -OCH3 is 2. The van der Waals surface area contributed by atoms with Gasteiger partial charge in [-0.3, -0.25) is 4.79 Å². The summed E-state index contributed by atoms with van der Waals surface area (Å²) >= 11 is 0. The van der Waals surface area contributed by atoms with E-state index >= 15 is 0 Å². The van der Waals surface area contributed by atoms with Crippen molar-refractivity contribution < 1.29 is 14.3 Å². The molecule has 1 fully saturated rings. The molecule has 2 N–H and O–H groups in total. The molecular weight excluding hydrogens is 358 g/mol. The van der Waals surface area contributed by atoms with Crippen LogP contribution in [-0.2, 0) is 4.74 Å². The molecule has 1 aliphatic heterocycles. The minimum Gasteiger partial charge on any atom is -0.497 e. The van der Waals surface area contributed by atoms with Crippen molar-refractivity contribution in [3.63, 3.8) is 0 Å². The Labute approximate surface area is 162 Å². The molecule has 3 aromatic rings. The van der Waals surface area contributed by atoms with Crippen LogP contribution in [0.15, 0.2) is 42.9 Å². The molecule has 4 rings (SSSR count). The Kier molecular flexibility index (Phi) is 5.12. The van der Waals surface area contributed by atoms with E-state index in [0.29, 0.717) is 12.2 Å². The molecule has 28 heavy (non-hydrogen) atoms. The van der Waals surface area contributed by atoms with Gasteiger partial charge in [0.1, 0.15) is 23.6 Å². The minimum absolute atomic E-state index is 0.105. The number of H-pyrrole nitrogens is 1. The molecule has 8 nitrogen and oxygen atoms in total. The molecule has 0 aliphatic carbocycles. The van der Waals surface area contributed by atoms with Crippen molar-refractivity contribution in [2.24, 2.45) is 0 Å². The predicted octanol–water partition coefficient (Wildman–Crippen LogP) is 1.99. The molecule has 1 saturated heterocycles. The number of rotatable bonds is 6. The third-order valence-corrected chi connectivity index (χ3v) is 5.14. The highest BCUT2D eigenvalue weighted by molar-refractivity contribution is 5.98. The molecule has 0 spiro atoms. The Morgan fingerprint density at radius 1 is 1.32 bits per heavy atom. The fourth-order valence-corrected chi connectivity index (χ4v) is 3.64. The van der Waals surface area contributed by atoms with Crippen LogP contribution in [0.5, 0.6) is 5.75 Å². The summed E-state index contributed by atoms with van der Waals surface area (Å²) in [7, 11) is 3.34. The highest BCUT2D eigenvalue weighted by Crippen LogP contribution is 2.25. The number of hydrogen-bond donors (Lipinski definition) is 2. The van der Waals surface area contributed by atoms with Crippen molar-refractivity contribution in [1.29, 1.82) is 0 Å². The lowest BCUT2D eigenvalue weighted by Crippen LogP contribution is -2.40. The SMILES string of the molecule is COc1ccc2[nH]c(C(=O)NC[C@@H]3C[C@H](OC)CN3c3ccncn3)cc2c1. The number of ether oxygens (including phenoxy) is 2. The van der Waals surface area contributed by atoms with Gasteiger partial charge < -0.3 is 24.7 Å². The van der Waals surface area contributed by atoms with E-state index in [9.17, 15) is 4.79 Å². The largest absolute Gasteiger partial charge is 0.497 e. The average molecular weight is 381 g/mol. The second-order valence-electron chi connectivity index (χ2n) is 6.81. The zero-order chi connectivity index (χ0) is 19.5. The third-order valence-electron chi connectivity index (χ3n) is 5.14. The van der Waals surface area contributed by atoms with E-state index in [1.807, 2.05) is 30.3 Å². The summed E-state index contributed by atoms with van der Waals surface area (Å²) in [5.41, 5.74) is 1.42. The van der Waals surface area contributed by atoms with Gasteiger partial charge in [-0.1, -0.05) is 0 Å². The first-order valence-corrected chi connectivity index (χ1v) is 9.18. The van der Waals surface area contributed by atoms with Gasteiger partial charge in [0.2, 0.25) is 0 Å². The van der Waals surface area contributed by atoms with Gasteiger partial charge in [-0.05, 0) is 36.8 Å². The number of fused-ring (bicyclic) bond motifs is 1. The minimum atomic E-state index is -0.140. The Morgan fingerprint density at radius 2 is 2.21 bits per heavy atom. The van der Waals surface area contributed by atoms with E-state index in [2.05, 4.69) is 25.2 Å². The lowest BCUT2D eigenvalue weighted by molar-refractivity contribution is 0.0942. The summed E-state index contributed by atoms with van der Waals surface area (Å²) in [6.07, 6.45) is 4.18. The molecule has 1 amide bonds. The molecule has 8 heteroatoms. The topological polar surface area (TPSA) is 92.4 Å². The quantitative estimate of drug-likeness (QED) is 0.678. The van der Waals surface area contributed by atoms with E-state index in [1.54, 1.807) is 20.4 Å². The van der Waals surface area contributed by atoms with Crippen LogP contribution in [0.25, 0.3) is 10.9 Å². The van der Waals surface area contributed by atoms with Gasteiger partial charge in [-0.15, -0.1) is 0 Å². The number of hydrogen-bond acceptors (Lipinski definition) is 6. The molecule has 0 bridgehead atoms. The van der Waals surface area contributed by atoms with Gasteiger partial charge in [0.05, 0.1) is 19.3 Å². The molecule has 2 atom stereocenters. The Morgan fingerprint density at radius 3 is 2.96 bits per heavy atom. The maximum absolute atomic E-state index is 12.7. The molecule has 1 aromatic carbocycles. The van der Waals surface area contributed by atoms with Crippen molar-refractivity contribution >= 4 is 22.6 Å². The molecule has 146 valence electrons. The van der Waals surface area contributed by atoms with Crippen molar-refractivity contribution in [1.82, 2.24) is 20.3 Å². The lowest BCUT2D eigenvalue weighted by atomic mass is 10.2. The van der Waals surface area contributed by atoms with Crippen LogP contribution in [0, 0.1) is 0 Å². The number of amides is 1. The molecule has 0 saturated carbocycles. The van der Waals surface area contributed by atoms with Crippen molar-refractivity contribution in [3.05, 3.63) is 48.5 Å². The number of benzene rings is 1. The highest BCUT2D eigenvalue weighted by Gasteiger charge is 2.33. The first kappa shape index (κ1) is 18.2. The zero-order valence-electron chi connectivity index (χ0n) is 15.9. The second-order valence-corrected chi connectivity index (χ2v) is 6.81. The number of carbonyl (C=O) groups excluding carboxylic acids is 1. The molecule has 2 aromatic heterocycles. The molecule has 0 unspecified atom stereocenters. The zero-order valence-corrected chi connectivity index (χ0v) is 15.9. The summed E-state index contributed by atoms with van der Waals surface area (Å²) in [5, 5.41) is 3.97. The molecular formula is C20H23N5O3. The average Bonchev–Trinajstić information content (AvgIpc) is 3.36. The monoisotopic (exact) mass is 381 g/mol. The van der Waals surface area contributed by atoms with Gasteiger partial charge >= 0.3 is 0 Å². The highest BCUT2D eigenvalue weighted by atomic mass is 16.5. The number of aromatic nitrogens is 3. The Balaban J connectivity index is 1.46. The number of nitrogens with one attached hydrogen (secondary N) is 2. The van der Waals surface area contributed by atoms with E-state index in [0.717, 1.165) is 35.4 Å². The molecule has 0 radical (unpaired) electrons. The van der Waals surface area contributed by atoms with Crippen LogP contribution < -0.4 is 15.0 Å². The standard InChI is InChI=1S/C20H23N5O3/c1-27-15-3-4-17-13(7-15)8-18(24-17)20(26)22-10-14-9-16(28-2)11-25(14)19-5-6-21-12-23-19/h3-8,12,14,16,24H,9-11H2,1-2H3,(H,22,26)/t14-,16-/m0/s1. The number of anilines is 1. The second kappa shape index (κ2) is 7.85. The first-order chi connectivity index (χ1) is 13.7. The van der Waals surface area contributed by atoms with Gasteiger partial charge in [0, 0.05) is 37.3 Å². The van der Waals surface area contributed by atoms with E-state index in [-0.39, 0.29) is 18.1 Å². The van der Waals surface area contributed by atoms with Crippen LogP contribution in [0.1, 0.15) is 16.9 Å². The summed E-state index contributed by atoms with van der Waals surface area (Å²) < 4.78 is 10.8. The van der Waals surface area contributed by atoms with Gasteiger partial charge in [-0.25, -0.2) is 9.97 Å². The molecule has 3 heterocycles. The number of carbonyl (C=O) groups is 1. The molecule has 1 aliphatic rings. The van der Waals surface area contributed by atoms with Crippen LogP contribution in [0.3, 0.4) is 0 Å². The fourth-order valence-electron chi connectivity index (χ4n) is 3.64. The maximum Gasteiger partial charge on any atom is 0.267 e. The Bertz CT molecular complexity index is 959. The number of nitrogens with zero attached hydrogens (tertiary/aromatic N) is 3. The van der Waals surface area contributed by atoms with Crippen LogP contribution >= 0.6 is 0 Å². The van der Waals surface area contributed by atoms with E-state index in [1.165, 1.54) is 6.33 Å². The summed E-state index contributed by atoms with van der Waals surface area (Å²) in [5.74, 6) is 1.46.